The van der Waals surface area contributed by atoms with E-state index in [2.05, 4.69) is 4.98 Å². The van der Waals surface area contributed by atoms with E-state index in [-0.39, 0.29) is 17.9 Å². The molecule has 0 amide bonds. The Morgan fingerprint density at radius 1 is 1.33 bits per heavy atom. The van der Waals surface area contributed by atoms with Crippen LogP contribution in [0.5, 0.6) is 5.75 Å². The Kier molecular flexibility index (Phi) is 3.59. The first-order valence-electron chi connectivity index (χ1n) is 5.23. The molecule has 0 bridgehead atoms. The fourth-order valence-corrected chi connectivity index (χ4v) is 1.42. The van der Waals surface area contributed by atoms with Crippen LogP contribution >= 0.6 is 0 Å². The van der Waals surface area contributed by atoms with Gasteiger partial charge in [0.25, 0.3) is 0 Å². The lowest BCUT2D eigenvalue weighted by molar-refractivity contribution is 0.286. The van der Waals surface area contributed by atoms with Crippen molar-refractivity contribution in [2.24, 2.45) is 0 Å². The minimum absolute atomic E-state index is 0.0817. The average Bonchev–Trinajstić information content (AvgIpc) is 2.37. The minimum Gasteiger partial charge on any atom is -0.484 e. The third kappa shape index (κ3) is 2.86. The van der Waals surface area contributed by atoms with Crippen molar-refractivity contribution in [3.8, 4) is 11.8 Å². The van der Waals surface area contributed by atoms with Crippen LogP contribution in [0.15, 0.2) is 36.4 Å². The maximum absolute atomic E-state index is 13.5. The lowest BCUT2D eigenvalue weighted by atomic mass is 10.0. The van der Waals surface area contributed by atoms with Crippen molar-refractivity contribution in [1.29, 1.82) is 5.26 Å². The molecule has 5 heteroatoms. The molecule has 0 N–H and O–H groups in total. The molecule has 0 aliphatic heterocycles. The van der Waals surface area contributed by atoms with Crippen molar-refractivity contribution in [1.82, 2.24) is 4.98 Å². The Bertz CT molecular complexity index is 610. The predicted molar refractivity (Wildman–Crippen MR) is 65.1 cm³/mol. The van der Waals surface area contributed by atoms with E-state index in [0.717, 1.165) is 6.07 Å². The summed E-state index contributed by atoms with van der Waals surface area (Å²) in [5.41, 5.74) is 1.25. The fourth-order valence-electron chi connectivity index (χ4n) is 1.42. The standard InChI is InChI=1S/C13H8BFN2O/c14-13-3-1-2-10(17-13)8-18-12-5-4-9(7-16)6-11(12)15/h1-6H,8H2. The summed E-state index contributed by atoms with van der Waals surface area (Å²) >= 11 is 0. The summed E-state index contributed by atoms with van der Waals surface area (Å²) in [6.07, 6.45) is 0. The van der Waals surface area contributed by atoms with E-state index in [9.17, 15) is 4.39 Å². The number of hydrogen-bond acceptors (Lipinski definition) is 3. The van der Waals surface area contributed by atoms with Crippen LogP contribution in [0.2, 0.25) is 0 Å². The van der Waals surface area contributed by atoms with Gasteiger partial charge in [-0.2, -0.15) is 5.26 Å². The molecule has 0 spiro atoms. The molecule has 3 nitrogen and oxygen atoms in total. The Balaban J connectivity index is 2.09. The monoisotopic (exact) mass is 238 g/mol. The molecule has 0 saturated heterocycles. The second-order valence-electron chi connectivity index (χ2n) is 3.60. The van der Waals surface area contributed by atoms with Gasteiger partial charge in [-0.1, -0.05) is 12.1 Å². The summed E-state index contributed by atoms with van der Waals surface area (Å²) in [7, 11) is 5.52. The SMILES string of the molecule is [B]c1cccc(COc2ccc(C#N)cc2F)n1. The van der Waals surface area contributed by atoms with Crippen molar-refractivity contribution in [3.63, 3.8) is 0 Å². The summed E-state index contributed by atoms with van der Waals surface area (Å²) in [5.74, 6) is -0.490. The average molecular weight is 238 g/mol. The van der Waals surface area contributed by atoms with Gasteiger partial charge in [-0.15, -0.1) is 0 Å². The highest BCUT2D eigenvalue weighted by atomic mass is 19.1. The van der Waals surface area contributed by atoms with Gasteiger partial charge in [-0.3, -0.25) is 4.98 Å². The molecule has 0 unspecified atom stereocenters. The van der Waals surface area contributed by atoms with Crippen LogP contribution in [0, 0.1) is 17.1 Å². The van der Waals surface area contributed by atoms with E-state index in [4.69, 9.17) is 17.8 Å². The number of benzene rings is 1. The van der Waals surface area contributed by atoms with E-state index in [1.165, 1.54) is 12.1 Å². The number of nitriles is 1. The molecule has 0 fully saturated rings. The number of pyridine rings is 1. The molecule has 18 heavy (non-hydrogen) atoms. The highest BCUT2D eigenvalue weighted by molar-refractivity contribution is 6.30. The second-order valence-corrected chi connectivity index (χ2v) is 3.60. The lowest BCUT2D eigenvalue weighted by Crippen LogP contribution is -2.11. The van der Waals surface area contributed by atoms with Gasteiger partial charge in [0.15, 0.2) is 11.6 Å². The normalized spacial score (nSPS) is 9.78. The number of nitrogens with zero attached hydrogens (tertiary/aromatic N) is 2. The molecule has 1 aromatic heterocycles. The molecular weight excluding hydrogens is 230 g/mol. The smallest absolute Gasteiger partial charge is 0.166 e. The molecule has 0 aliphatic carbocycles. The van der Waals surface area contributed by atoms with Crippen LogP contribution in [-0.4, -0.2) is 12.8 Å². The minimum atomic E-state index is -0.571. The summed E-state index contributed by atoms with van der Waals surface area (Å²) in [4.78, 5) is 4.03. The van der Waals surface area contributed by atoms with Gasteiger partial charge in [0.1, 0.15) is 14.5 Å². The molecule has 0 aliphatic rings. The Morgan fingerprint density at radius 3 is 2.83 bits per heavy atom. The predicted octanol–water partition coefficient (Wildman–Crippen LogP) is 1.47. The lowest BCUT2D eigenvalue weighted by Gasteiger charge is -2.07. The Hall–Kier alpha value is -2.35. The highest BCUT2D eigenvalue weighted by Crippen LogP contribution is 2.18. The van der Waals surface area contributed by atoms with Crippen molar-refractivity contribution < 1.29 is 9.13 Å². The van der Waals surface area contributed by atoms with Crippen LogP contribution in [0.25, 0.3) is 0 Å². The highest BCUT2D eigenvalue weighted by Gasteiger charge is 2.05. The van der Waals surface area contributed by atoms with Gasteiger partial charge in [-0.05, 0) is 29.9 Å². The zero-order chi connectivity index (χ0) is 13.0. The molecule has 2 rings (SSSR count). The van der Waals surface area contributed by atoms with Crippen LogP contribution in [0.3, 0.4) is 0 Å². The van der Waals surface area contributed by atoms with Crippen LogP contribution in [0.1, 0.15) is 11.3 Å². The van der Waals surface area contributed by atoms with Crippen molar-refractivity contribution in [2.45, 2.75) is 6.61 Å². The fraction of sp³-hybridized carbons (Fsp3) is 0.0769. The molecule has 0 saturated carbocycles. The third-order valence-electron chi connectivity index (χ3n) is 2.26. The summed E-state index contributed by atoms with van der Waals surface area (Å²) < 4.78 is 18.8. The molecule has 2 aromatic rings. The topological polar surface area (TPSA) is 45.9 Å². The Morgan fingerprint density at radius 2 is 2.17 bits per heavy atom. The van der Waals surface area contributed by atoms with Crippen LogP contribution in [-0.2, 0) is 6.61 Å². The van der Waals surface area contributed by atoms with Gasteiger partial charge in [0.05, 0.1) is 17.3 Å². The summed E-state index contributed by atoms with van der Waals surface area (Å²) in [6, 6.07) is 11.0. The Labute approximate surface area is 105 Å². The van der Waals surface area contributed by atoms with E-state index in [1.54, 1.807) is 18.2 Å². The van der Waals surface area contributed by atoms with Gasteiger partial charge >= 0.3 is 0 Å². The summed E-state index contributed by atoms with van der Waals surface area (Å²) in [5, 5.41) is 8.61. The third-order valence-corrected chi connectivity index (χ3v) is 2.26. The number of aromatic nitrogens is 1. The molecule has 86 valence electrons. The van der Waals surface area contributed by atoms with E-state index >= 15 is 0 Å². The summed E-state index contributed by atoms with van der Waals surface area (Å²) in [6.45, 7) is 0.119. The van der Waals surface area contributed by atoms with Crippen molar-refractivity contribution in [3.05, 3.63) is 53.5 Å². The van der Waals surface area contributed by atoms with Crippen molar-refractivity contribution >= 4 is 13.4 Å². The first-order valence-corrected chi connectivity index (χ1v) is 5.23. The van der Waals surface area contributed by atoms with Crippen LogP contribution in [0.4, 0.5) is 4.39 Å². The van der Waals surface area contributed by atoms with Crippen molar-refractivity contribution in [2.75, 3.05) is 0 Å². The van der Waals surface area contributed by atoms with Crippen LogP contribution < -0.4 is 10.3 Å². The molecule has 2 radical (unpaired) electrons. The van der Waals surface area contributed by atoms with Gasteiger partial charge < -0.3 is 4.74 Å². The first kappa shape index (κ1) is 12.1. The van der Waals surface area contributed by atoms with E-state index in [1.807, 2.05) is 6.07 Å². The van der Waals surface area contributed by atoms with Gasteiger partial charge in [0.2, 0.25) is 0 Å². The van der Waals surface area contributed by atoms with Gasteiger partial charge in [-0.25, -0.2) is 4.39 Å². The quantitative estimate of drug-likeness (QED) is 0.760. The molecule has 0 atom stereocenters. The van der Waals surface area contributed by atoms with Gasteiger partial charge in [0, 0.05) is 0 Å². The van der Waals surface area contributed by atoms with E-state index in [0.29, 0.717) is 11.3 Å². The largest absolute Gasteiger partial charge is 0.484 e. The zero-order valence-electron chi connectivity index (χ0n) is 9.43. The van der Waals surface area contributed by atoms with E-state index < -0.39 is 5.82 Å². The molecule has 1 heterocycles. The zero-order valence-corrected chi connectivity index (χ0v) is 9.43. The maximum atomic E-state index is 13.5. The number of halogens is 1. The molecule has 1 aromatic carbocycles. The molecular formula is C13H8BFN2O. The number of ether oxygens (including phenoxy) is 1. The second kappa shape index (κ2) is 5.32. The maximum Gasteiger partial charge on any atom is 0.166 e. The first-order chi connectivity index (χ1) is 8.69. The number of rotatable bonds is 3. The number of hydrogen-bond donors (Lipinski definition) is 0.